The predicted molar refractivity (Wildman–Crippen MR) is 54.9 cm³/mol. The lowest BCUT2D eigenvalue weighted by Crippen LogP contribution is -1.94. The summed E-state index contributed by atoms with van der Waals surface area (Å²) in [5, 5.41) is 0. The maximum atomic E-state index is 2.39. The van der Waals surface area contributed by atoms with Gasteiger partial charge in [-0.15, -0.1) is 11.3 Å². The highest BCUT2D eigenvalue weighted by Crippen LogP contribution is 2.27. The van der Waals surface area contributed by atoms with Gasteiger partial charge in [0.15, 0.2) is 0 Å². The molecule has 0 atom stereocenters. The third kappa shape index (κ3) is 1.71. The summed E-state index contributed by atoms with van der Waals surface area (Å²) in [6.07, 6.45) is 8.37. The van der Waals surface area contributed by atoms with Gasteiger partial charge in [-0.25, -0.2) is 0 Å². The number of hydrogen-bond acceptors (Lipinski definition) is 1. The minimum absolute atomic E-state index is 1.33. The molecule has 12 heavy (non-hydrogen) atoms. The standard InChI is InChI=1S/C11H16S/c1-9-8-10-6-4-2-3-5-7-11(10)12-9/h8H,2-7H2,1H3. The van der Waals surface area contributed by atoms with Crippen LogP contribution in [0.3, 0.4) is 0 Å². The Morgan fingerprint density at radius 3 is 2.67 bits per heavy atom. The second kappa shape index (κ2) is 3.61. The van der Waals surface area contributed by atoms with Crippen LogP contribution in [0.1, 0.15) is 41.0 Å². The molecule has 1 heterocycles. The van der Waals surface area contributed by atoms with Crippen molar-refractivity contribution in [1.82, 2.24) is 0 Å². The second-order valence-corrected chi connectivity index (χ2v) is 5.06. The first-order valence-electron chi connectivity index (χ1n) is 4.94. The largest absolute Gasteiger partial charge is 0.145 e. The molecule has 0 bridgehead atoms. The van der Waals surface area contributed by atoms with E-state index in [2.05, 4.69) is 13.0 Å². The van der Waals surface area contributed by atoms with E-state index in [1.807, 2.05) is 11.3 Å². The molecule has 1 heteroatoms. The van der Waals surface area contributed by atoms with Crippen LogP contribution in [-0.4, -0.2) is 0 Å². The molecule has 0 fully saturated rings. The first-order valence-corrected chi connectivity index (χ1v) is 5.76. The highest BCUT2D eigenvalue weighted by Gasteiger charge is 2.08. The van der Waals surface area contributed by atoms with E-state index >= 15 is 0 Å². The molecule has 0 N–H and O–H groups in total. The average molecular weight is 180 g/mol. The zero-order valence-corrected chi connectivity index (χ0v) is 8.54. The molecule has 1 aliphatic rings. The van der Waals surface area contributed by atoms with E-state index in [4.69, 9.17) is 0 Å². The number of hydrogen-bond donors (Lipinski definition) is 0. The lowest BCUT2D eigenvalue weighted by Gasteiger charge is -2.07. The fourth-order valence-electron chi connectivity index (χ4n) is 1.99. The molecule has 0 spiro atoms. The predicted octanol–water partition coefficient (Wildman–Crippen LogP) is 3.72. The van der Waals surface area contributed by atoms with Gasteiger partial charge >= 0.3 is 0 Å². The minimum Gasteiger partial charge on any atom is -0.145 e. The van der Waals surface area contributed by atoms with Crippen molar-refractivity contribution < 1.29 is 0 Å². The molecule has 66 valence electrons. The monoisotopic (exact) mass is 180 g/mol. The Hall–Kier alpha value is -0.300. The lowest BCUT2D eigenvalue weighted by atomic mass is 10.00. The van der Waals surface area contributed by atoms with E-state index < -0.39 is 0 Å². The minimum atomic E-state index is 1.33. The van der Waals surface area contributed by atoms with Crippen LogP contribution in [0.25, 0.3) is 0 Å². The number of rotatable bonds is 0. The Morgan fingerprint density at radius 2 is 1.83 bits per heavy atom. The fourth-order valence-corrected chi connectivity index (χ4v) is 3.12. The van der Waals surface area contributed by atoms with E-state index in [1.165, 1.54) is 43.4 Å². The van der Waals surface area contributed by atoms with Gasteiger partial charge in [0.2, 0.25) is 0 Å². The van der Waals surface area contributed by atoms with E-state index in [9.17, 15) is 0 Å². The Morgan fingerprint density at radius 1 is 1.08 bits per heavy atom. The maximum absolute atomic E-state index is 2.39. The van der Waals surface area contributed by atoms with Crippen LogP contribution in [0.4, 0.5) is 0 Å². The highest BCUT2D eigenvalue weighted by molar-refractivity contribution is 7.12. The molecule has 1 aliphatic carbocycles. The van der Waals surface area contributed by atoms with Gasteiger partial charge in [0.1, 0.15) is 0 Å². The molecule has 0 saturated heterocycles. The summed E-state index contributed by atoms with van der Waals surface area (Å²) in [5.74, 6) is 0. The summed E-state index contributed by atoms with van der Waals surface area (Å²) in [5.41, 5.74) is 1.65. The van der Waals surface area contributed by atoms with Gasteiger partial charge in [0.05, 0.1) is 0 Å². The fraction of sp³-hybridized carbons (Fsp3) is 0.636. The topological polar surface area (TPSA) is 0 Å². The van der Waals surface area contributed by atoms with Crippen molar-refractivity contribution in [1.29, 1.82) is 0 Å². The second-order valence-electron chi connectivity index (χ2n) is 3.72. The van der Waals surface area contributed by atoms with Crippen molar-refractivity contribution in [2.75, 3.05) is 0 Å². The van der Waals surface area contributed by atoms with E-state index in [1.54, 1.807) is 10.4 Å². The van der Waals surface area contributed by atoms with Gasteiger partial charge in [0, 0.05) is 9.75 Å². The zero-order chi connectivity index (χ0) is 8.39. The maximum Gasteiger partial charge on any atom is 0.00800 e. The van der Waals surface area contributed by atoms with Gasteiger partial charge < -0.3 is 0 Å². The number of aryl methyl sites for hydroxylation is 3. The van der Waals surface area contributed by atoms with E-state index in [-0.39, 0.29) is 0 Å². The quantitative estimate of drug-likeness (QED) is 0.571. The Balaban J connectivity index is 2.23. The molecular formula is C11H16S. The normalized spacial score (nSPS) is 18.1. The first-order chi connectivity index (χ1) is 5.86. The van der Waals surface area contributed by atoms with Crippen molar-refractivity contribution in [3.05, 3.63) is 21.4 Å². The summed E-state index contributed by atoms with van der Waals surface area (Å²) in [4.78, 5) is 3.18. The van der Waals surface area contributed by atoms with Crippen LogP contribution in [0.5, 0.6) is 0 Å². The third-order valence-electron chi connectivity index (χ3n) is 2.62. The number of fused-ring (bicyclic) bond motifs is 1. The average Bonchev–Trinajstić information content (AvgIpc) is 2.32. The van der Waals surface area contributed by atoms with Crippen molar-refractivity contribution in [3.8, 4) is 0 Å². The van der Waals surface area contributed by atoms with Crippen LogP contribution in [0, 0.1) is 6.92 Å². The zero-order valence-electron chi connectivity index (χ0n) is 7.73. The lowest BCUT2D eigenvalue weighted by molar-refractivity contribution is 0.622. The Bertz CT molecular complexity index is 234. The molecule has 1 aromatic rings. The van der Waals surface area contributed by atoms with Gasteiger partial charge in [-0.05, 0) is 44.2 Å². The van der Waals surface area contributed by atoms with Gasteiger partial charge in [0.25, 0.3) is 0 Å². The molecule has 0 nitrogen and oxygen atoms in total. The molecule has 0 aliphatic heterocycles. The van der Waals surface area contributed by atoms with Crippen LogP contribution < -0.4 is 0 Å². The van der Waals surface area contributed by atoms with Crippen molar-refractivity contribution in [2.45, 2.75) is 45.4 Å². The van der Waals surface area contributed by atoms with Gasteiger partial charge in [-0.3, -0.25) is 0 Å². The van der Waals surface area contributed by atoms with E-state index in [0.717, 1.165) is 0 Å². The van der Waals surface area contributed by atoms with E-state index in [0.29, 0.717) is 0 Å². The van der Waals surface area contributed by atoms with Gasteiger partial charge in [-0.2, -0.15) is 0 Å². The third-order valence-corrected chi connectivity index (χ3v) is 3.77. The Kier molecular flexibility index (Phi) is 2.50. The first kappa shape index (κ1) is 8.31. The van der Waals surface area contributed by atoms with Crippen LogP contribution in [0.15, 0.2) is 6.07 Å². The summed E-state index contributed by atoms with van der Waals surface area (Å²) in [6, 6.07) is 2.39. The van der Waals surface area contributed by atoms with Gasteiger partial charge in [-0.1, -0.05) is 12.8 Å². The van der Waals surface area contributed by atoms with Crippen molar-refractivity contribution >= 4 is 11.3 Å². The molecular weight excluding hydrogens is 164 g/mol. The molecule has 0 amide bonds. The molecule has 0 saturated carbocycles. The van der Waals surface area contributed by atoms with Crippen LogP contribution in [-0.2, 0) is 12.8 Å². The summed E-state index contributed by atoms with van der Waals surface area (Å²) < 4.78 is 0. The number of thiophene rings is 1. The highest BCUT2D eigenvalue weighted by atomic mass is 32.1. The molecule has 0 aromatic carbocycles. The molecule has 1 aromatic heterocycles. The summed E-state index contributed by atoms with van der Waals surface area (Å²) in [7, 11) is 0. The summed E-state index contributed by atoms with van der Waals surface area (Å²) >= 11 is 2.01. The smallest absolute Gasteiger partial charge is 0.00800 e. The van der Waals surface area contributed by atoms with Crippen LogP contribution >= 0.6 is 11.3 Å². The Labute approximate surface area is 78.6 Å². The summed E-state index contributed by atoms with van der Waals surface area (Å²) in [6.45, 7) is 2.23. The van der Waals surface area contributed by atoms with Crippen molar-refractivity contribution in [3.63, 3.8) is 0 Å². The molecule has 0 radical (unpaired) electrons. The van der Waals surface area contributed by atoms with Crippen molar-refractivity contribution in [2.24, 2.45) is 0 Å². The molecule has 2 rings (SSSR count). The van der Waals surface area contributed by atoms with Crippen LogP contribution in [0.2, 0.25) is 0 Å². The molecule has 0 unspecified atom stereocenters. The SMILES string of the molecule is Cc1cc2c(s1)CCCCCC2.